The summed E-state index contributed by atoms with van der Waals surface area (Å²) < 4.78 is 11.5. The first kappa shape index (κ1) is 24.6. The van der Waals surface area contributed by atoms with Gasteiger partial charge in [0.25, 0.3) is 5.91 Å². The van der Waals surface area contributed by atoms with Gasteiger partial charge in [-0.1, -0.05) is 13.8 Å². The van der Waals surface area contributed by atoms with Gasteiger partial charge in [-0.2, -0.15) is 0 Å². The van der Waals surface area contributed by atoms with Crippen LogP contribution in [-0.4, -0.2) is 75.2 Å². The van der Waals surface area contributed by atoms with Gasteiger partial charge in [-0.05, 0) is 81.8 Å². The number of thiophene rings is 1. The summed E-state index contributed by atoms with van der Waals surface area (Å²) in [7, 11) is 3.83. The van der Waals surface area contributed by atoms with Crippen LogP contribution in [0.3, 0.4) is 0 Å². The monoisotopic (exact) mass is 459 g/mol. The van der Waals surface area contributed by atoms with Crippen molar-refractivity contribution in [1.82, 2.24) is 15.1 Å². The van der Waals surface area contributed by atoms with Gasteiger partial charge in [0, 0.05) is 24.0 Å². The molecule has 2 aromatic rings. The van der Waals surface area contributed by atoms with Crippen molar-refractivity contribution in [2.24, 2.45) is 0 Å². The third kappa shape index (κ3) is 6.47. The van der Waals surface area contributed by atoms with Crippen LogP contribution >= 0.6 is 11.3 Å². The number of benzene rings is 1. The van der Waals surface area contributed by atoms with Crippen molar-refractivity contribution in [2.45, 2.75) is 39.2 Å². The summed E-state index contributed by atoms with van der Waals surface area (Å²) in [5.41, 5.74) is 1.02. The number of hydrogen-bond donors (Lipinski definition) is 1. The summed E-state index contributed by atoms with van der Waals surface area (Å²) in [4.78, 5) is 19.1. The van der Waals surface area contributed by atoms with Gasteiger partial charge in [0.1, 0.15) is 6.61 Å². The van der Waals surface area contributed by atoms with Crippen LogP contribution in [0.2, 0.25) is 0 Å². The average molecular weight is 460 g/mol. The first-order valence-electron chi connectivity index (χ1n) is 11.7. The van der Waals surface area contributed by atoms with Crippen LogP contribution < -0.4 is 14.8 Å². The summed E-state index contributed by atoms with van der Waals surface area (Å²) in [5.74, 6) is 1.46. The molecule has 0 aliphatic carbocycles. The molecule has 2 heterocycles. The van der Waals surface area contributed by atoms with Gasteiger partial charge in [-0.25, -0.2) is 0 Å². The van der Waals surface area contributed by atoms with E-state index in [9.17, 15) is 4.79 Å². The normalized spacial score (nSPS) is 16.5. The maximum absolute atomic E-state index is 12.6. The zero-order chi connectivity index (χ0) is 22.9. The van der Waals surface area contributed by atoms with E-state index in [4.69, 9.17) is 9.47 Å². The Kier molecular flexibility index (Phi) is 9.38. The second kappa shape index (κ2) is 12.2. The number of likely N-dealkylation sites (tertiary alicyclic amines) is 1. The van der Waals surface area contributed by atoms with Crippen LogP contribution in [0, 0.1) is 0 Å². The molecule has 176 valence electrons. The molecule has 7 heteroatoms. The number of rotatable bonds is 12. The average Bonchev–Trinajstić information content (AvgIpc) is 3.46. The van der Waals surface area contributed by atoms with Gasteiger partial charge in [-0.3, -0.25) is 4.79 Å². The molecule has 32 heavy (non-hydrogen) atoms. The zero-order valence-corrected chi connectivity index (χ0v) is 20.7. The number of hydrogen-bond acceptors (Lipinski definition) is 6. The third-order valence-electron chi connectivity index (χ3n) is 6.27. The topological polar surface area (TPSA) is 54.0 Å². The van der Waals surface area contributed by atoms with Crippen LogP contribution in [0.15, 0.2) is 30.3 Å². The maximum Gasteiger partial charge on any atom is 0.261 e. The predicted molar refractivity (Wildman–Crippen MR) is 132 cm³/mol. The Morgan fingerprint density at radius 2 is 2.03 bits per heavy atom. The number of amides is 1. The highest BCUT2D eigenvalue weighted by atomic mass is 32.1. The van der Waals surface area contributed by atoms with Gasteiger partial charge >= 0.3 is 0 Å². The lowest BCUT2D eigenvalue weighted by Crippen LogP contribution is -2.31. The van der Waals surface area contributed by atoms with Gasteiger partial charge in [0.15, 0.2) is 11.5 Å². The molecule has 1 unspecified atom stereocenters. The number of nitrogens with zero attached hydrogens (tertiary/aromatic N) is 2. The van der Waals surface area contributed by atoms with E-state index < -0.39 is 0 Å². The number of ether oxygens (including phenoxy) is 2. The summed E-state index contributed by atoms with van der Waals surface area (Å²) in [6.45, 7) is 9.73. The van der Waals surface area contributed by atoms with E-state index in [1.54, 1.807) is 7.11 Å². The van der Waals surface area contributed by atoms with Crippen molar-refractivity contribution in [3.8, 4) is 21.9 Å². The second-order valence-corrected chi connectivity index (χ2v) is 9.31. The maximum atomic E-state index is 12.6. The summed E-state index contributed by atoms with van der Waals surface area (Å²) in [6.07, 6.45) is 3.49. The zero-order valence-electron chi connectivity index (χ0n) is 19.9. The molecule has 6 nitrogen and oxygen atoms in total. The van der Waals surface area contributed by atoms with Crippen LogP contribution in [0.4, 0.5) is 0 Å². The molecule has 1 amide bonds. The Labute approximate surface area is 196 Å². The lowest BCUT2D eigenvalue weighted by Gasteiger charge is -2.19. The molecule has 1 aliphatic heterocycles. The summed E-state index contributed by atoms with van der Waals surface area (Å²) in [6, 6.07) is 10.5. The Morgan fingerprint density at radius 3 is 2.72 bits per heavy atom. The molecule has 1 saturated heterocycles. The van der Waals surface area contributed by atoms with Crippen molar-refractivity contribution < 1.29 is 14.3 Å². The smallest absolute Gasteiger partial charge is 0.261 e. The van der Waals surface area contributed by atoms with Crippen molar-refractivity contribution in [3.63, 3.8) is 0 Å². The van der Waals surface area contributed by atoms with Crippen LogP contribution in [0.5, 0.6) is 11.5 Å². The number of nitrogens with one attached hydrogen (secondary N) is 1. The fraction of sp³-hybridized carbons (Fsp3) is 0.560. The Morgan fingerprint density at radius 1 is 1.22 bits per heavy atom. The summed E-state index contributed by atoms with van der Waals surface area (Å²) >= 11 is 1.50. The molecular formula is C25H37N3O3S. The minimum atomic E-state index is 0.00483. The van der Waals surface area contributed by atoms with Crippen molar-refractivity contribution in [2.75, 3.05) is 53.5 Å². The Bertz CT molecular complexity index is 866. The highest BCUT2D eigenvalue weighted by Crippen LogP contribution is 2.35. The molecule has 0 saturated carbocycles. The molecule has 0 bridgehead atoms. The fourth-order valence-electron chi connectivity index (χ4n) is 4.16. The van der Waals surface area contributed by atoms with Crippen molar-refractivity contribution in [3.05, 3.63) is 35.2 Å². The molecule has 1 aromatic heterocycles. The molecule has 0 spiro atoms. The van der Waals surface area contributed by atoms with Gasteiger partial charge in [0.05, 0.1) is 12.0 Å². The van der Waals surface area contributed by atoms with E-state index >= 15 is 0 Å². The van der Waals surface area contributed by atoms with Crippen LogP contribution in [-0.2, 0) is 0 Å². The van der Waals surface area contributed by atoms with Crippen LogP contribution in [0.1, 0.15) is 42.8 Å². The lowest BCUT2D eigenvalue weighted by atomic mass is 10.1. The third-order valence-corrected chi connectivity index (χ3v) is 7.41. The van der Waals surface area contributed by atoms with E-state index in [0.717, 1.165) is 53.7 Å². The molecule has 1 atom stereocenters. The van der Waals surface area contributed by atoms with E-state index in [2.05, 4.69) is 36.0 Å². The Hall–Kier alpha value is -2.09. The number of likely N-dealkylation sites (N-methyl/N-ethyl adjacent to an activating group) is 1. The van der Waals surface area contributed by atoms with E-state index in [1.165, 1.54) is 24.2 Å². The standard InChI is InChI=1S/C25H37N3O3S/c1-5-28(6-2)16-17-31-21-10-9-19(18-22(21)30-4)23-11-12-24(32-23)25(29)26-14-13-20-8-7-15-27(20)3/h9-12,18,20H,5-8,13-17H2,1-4H3,(H,26,29). The Balaban J connectivity index is 1.56. The second-order valence-electron chi connectivity index (χ2n) is 8.23. The quantitative estimate of drug-likeness (QED) is 0.511. The largest absolute Gasteiger partial charge is 0.493 e. The molecular weight excluding hydrogens is 422 g/mol. The van der Waals surface area contributed by atoms with Crippen molar-refractivity contribution >= 4 is 17.2 Å². The van der Waals surface area contributed by atoms with Gasteiger partial charge in [0.2, 0.25) is 0 Å². The SMILES string of the molecule is CCN(CC)CCOc1ccc(-c2ccc(C(=O)NCCC3CCCN3C)s2)cc1OC. The molecule has 0 radical (unpaired) electrons. The predicted octanol–water partition coefficient (Wildman–Crippen LogP) is 4.36. The summed E-state index contributed by atoms with van der Waals surface area (Å²) in [5, 5.41) is 3.08. The number of carbonyl (C=O) groups is 1. The van der Waals surface area contributed by atoms with Crippen LogP contribution in [0.25, 0.3) is 10.4 Å². The minimum absolute atomic E-state index is 0.00483. The fourth-order valence-corrected chi connectivity index (χ4v) is 5.08. The van der Waals surface area contributed by atoms with Gasteiger partial charge in [-0.15, -0.1) is 11.3 Å². The van der Waals surface area contributed by atoms with E-state index in [0.29, 0.717) is 24.9 Å². The van der Waals surface area contributed by atoms with E-state index in [-0.39, 0.29) is 5.91 Å². The number of carbonyl (C=O) groups excluding carboxylic acids is 1. The lowest BCUT2D eigenvalue weighted by molar-refractivity contribution is 0.0954. The first-order chi connectivity index (χ1) is 15.5. The molecule has 3 rings (SSSR count). The highest BCUT2D eigenvalue weighted by molar-refractivity contribution is 7.17. The first-order valence-corrected chi connectivity index (χ1v) is 12.5. The molecule has 1 fully saturated rings. The molecule has 1 aliphatic rings. The highest BCUT2D eigenvalue weighted by Gasteiger charge is 2.20. The van der Waals surface area contributed by atoms with E-state index in [1.807, 2.05) is 30.3 Å². The molecule has 1 N–H and O–H groups in total. The number of methoxy groups -OCH3 is 1. The van der Waals surface area contributed by atoms with Crippen molar-refractivity contribution in [1.29, 1.82) is 0 Å². The minimum Gasteiger partial charge on any atom is -0.493 e. The van der Waals surface area contributed by atoms with Gasteiger partial charge < -0.3 is 24.6 Å². The molecule has 1 aromatic carbocycles.